The second kappa shape index (κ2) is 15.1. The lowest BCUT2D eigenvalue weighted by Gasteiger charge is -2.52. The summed E-state index contributed by atoms with van der Waals surface area (Å²) in [6.45, 7) is 0. The van der Waals surface area contributed by atoms with Crippen LogP contribution in [0.25, 0.3) is 49.4 Å². The van der Waals surface area contributed by atoms with Crippen molar-refractivity contribution in [3.63, 3.8) is 0 Å². The van der Waals surface area contributed by atoms with Crippen LogP contribution < -0.4 is 20.7 Å². The van der Waals surface area contributed by atoms with E-state index >= 15 is 0 Å². The molecule has 1 aliphatic heterocycles. The smallest absolute Gasteiger partial charge is 0.184 e. The van der Waals surface area contributed by atoms with Crippen LogP contribution in [0.3, 0.4) is 0 Å². The van der Waals surface area contributed by atoms with Crippen LogP contribution in [0.2, 0.25) is 0 Å². The molecule has 0 unspecified atom stereocenters. The quantitative estimate of drug-likeness (QED) is 0.120. The minimum atomic E-state index is -3.23. The predicted octanol–water partition coefficient (Wildman–Crippen LogP) is 13.5. The maximum absolute atomic E-state index is 7.10. The predicted molar refractivity (Wildman–Crippen MR) is 295 cm³/mol. The minimum absolute atomic E-state index is 0.604. The fourth-order valence-corrected chi connectivity index (χ4v) is 18.6. The number of hydrogen-bond donors (Lipinski definition) is 0. The number of fused-ring (bicyclic) bond motifs is 14. The highest BCUT2D eigenvalue weighted by atomic mass is 28.3. The van der Waals surface area contributed by atoms with Gasteiger partial charge in [-0.2, -0.15) is 0 Å². The molecule has 1 aliphatic carbocycles. The second-order valence-electron chi connectivity index (χ2n) is 19.4. The third-order valence-electron chi connectivity index (χ3n) is 16.3. The Hall–Kier alpha value is -8.76. The normalized spacial score (nSPS) is 14.1. The summed E-state index contributed by atoms with van der Waals surface area (Å²) in [4.78, 5) is 0. The lowest BCUT2D eigenvalue weighted by Crippen LogP contribution is -2.75. The molecule has 11 aromatic carbocycles. The summed E-state index contributed by atoms with van der Waals surface area (Å²) < 4.78 is 9.71. The molecule has 2 nitrogen and oxygen atoms in total. The van der Waals surface area contributed by atoms with E-state index in [9.17, 15) is 0 Å². The van der Waals surface area contributed by atoms with Gasteiger partial charge in [-0.3, -0.25) is 0 Å². The van der Waals surface area contributed by atoms with Crippen molar-refractivity contribution in [3.8, 4) is 5.69 Å². The van der Waals surface area contributed by atoms with Crippen molar-refractivity contribution in [1.82, 2.24) is 4.57 Å². The number of para-hydroxylation sites is 4. The highest BCUT2D eigenvalue weighted by Gasteiger charge is 2.56. The van der Waals surface area contributed by atoms with Gasteiger partial charge in [-0.05, 0) is 83.5 Å². The van der Waals surface area contributed by atoms with E-state index in [1.54, 1.807) is 0 Å². The fraction of sp³-hybridized carbons (Fsp3) is 0.0294. The molecule has 0 bridgehead atoms. The molecule has 71 heavy (non-hydrogen) atoms. The van der Waals surface area contributed by atoms with Gasteiger partial charge in [0.1, 0.15) is 11.2 Å². The zero-order valence-corrected chi connectivity index (χ0v) is 39.8. The number of hydrogen-bond acceptors (Lipinski definition) is 1. The van der Waals surface area contributed by atoms with Gasteiger partial charge < -0.3 is 8.98 Å². The van der Waals surface area contributed by atoms with Crippen molar-refractivity contribution in [2.24, 2.45) is 0 Å². The summed E-state index contributed by atoms with van der Waals surface area (Å²) in [5, 5.41) is 9.92. The summed E-state index contributed by atoms with van der Waals surface area (Å²) >= 11 is 0. The van der Waals surface area contributed by atoms with Crippen LogP contribution in [-0.2, 0) is 10.8 Å². The summed E-state index contributed by atoms with van der Waals surface area (Å²) in [6, 6.07) is 103. The van der Waals surface area contributed by atoms with Crippen molar-refractivity contribution in [1.29, 1.82) is 0 Å². The Morgan fingerprint density at radius 2 is 0.803 bits per heavy atom. The Balaban J connectivity index is 1.13. The molecule has 13 aromatic rings. The number of furan rings is 1. The summed E-state index contributed by atoms with van der Waals surface area (Å²) in [7, 11) is -3.23. The standard InChI is InChI=1S/C68H45NOSi/c1-5-23-46(24-6-1)67(47-25-7-2-8-26-47)55-35-15-17-37-57(55)68(58-38-18-16-36-56(58)67)59-44-43-50(45-62(59)69-61-40-19-13-31-51(61)53-33-21-39-60(68)65(53)69)71(48-27-9-3-10-28-48,49-29-11-4-12-30-49)64-42-22-34-54-52-32-14-20-41-63(52)70-66(54)64/h1-45H. The molecule has 0 saturated heterocycles. The van der Waals surface area contributed by atoms with Crippen LogP contribution in [0.5, 0.6) is 0 Å². The van der Waals surface area contributed by atoms with Gasteiger partial charge in [0.25, 0.3) is 0 Å². The molecule has 2 aliphatic rings. The molecule has 15 rings (SSSR count). The van der Waals surface area contributed by atoms with Crippen LogP contribution in [0.1, 0.15) is 44.5 Å². The number of rotatable bonds is 6. The van der Waals surface area contributed by atoms with E-state index in [0.717, 1.165) is 21.9 Å². The molecule has 0 atom stereocenters. The second-order valence-corrected chi connectivity index (χ2v) is 23.1. The van der Waals surface area contributed by atoms with E-state index in [4.69, 9.17) is 4.42 Å². The molecular formula is C68H45NOSi. The number of aromatic nitrogens is 1. The van der Waals surface area contributed by atoms with Gasteiger partial charge in [0.15, 0.2) is 8.07 Å². The molecule has 0 saturated carbocycles. The molecule has 0 radical (unpaired) electrons. The Kier molecular flexibility index (Phi) is 8.55. The van der Waals surface area contributed by atoms with Gasteiger partial charge in [-0.25, -0.2) is 0 Å². The summed E-state index contributed by atoms with van der Waals surface area (Å²) in [5.74, 6) is 0. The number of benzene rings is 11. The van der Waals surface area contributed by atoms with Gasteiger partial charge in [-0.1, -0.05) is 255 Å². The highest BCUT2D eigenvalue weighted by molar-refractivity contribution is 7.20. The Morgan fingerprint density at radius 3 is 1.44 bits per heavy atom. The molecule has 332 valence electrons. The van der Waals surface area contributed by atoms with Crippen LogP contribution in [-0.4, -0.2) is 12.6 Å². The van der Waals surface area contributed by atoms with Crippen molar-refractivity contribution < 1.29 is 4.42 Å². The molecular weight excluding hydrogens is 875 g/mol. The van der Waals surface area contributed by atoms with Gasteiger partial charge in [0.05, 0.1) is 27.6 Å². The van der Waals surface area contributed by atoms with Crippen LogP contribution in [0.15, 0.2) is 277 Å². The molecule has 1 spiro atoms. The van der Waals surface area contributed by atoms with Crippen molar-refractivity contribution in [2.75, 3.05) is 0 Å². The van der Waals surface area contributed by atoms with Gasteiger partial charge in [0.2, 0.25) is 0 Å². The van der Waals surface area contributed by atoms with Crippen molar-refractivity contribution in [2.45, 2.75) is 10.8 Å². The average Bonchev–Trinajstić information content (AvgIpc) is 4.02. The van der Waals surface area contributed by atoms with Gasteiger partial charge >= 0.3 is 0 Å². The maximum Gasteiger partial charge on any atom is 0.184 e. The molecule has 0 amide bonds. The molecule has 0 N–H and O–H groups in total. The fourth-order valence-electron chi connectivity index (χ4n) is 13.7. The van der Waals surface area contributed by atoms with Crippen molar-refractivity contribution >= 4 is 72.6 Å². The first kappa shape index (κ1) is 40.2. The van der Waals surface area contributed by atoms with E-state index in [2.05, 4.69) is 278 Å². The third-order valence-corrected chi connectivity index (χ3v) is 21.1. The Bertz CT molecular complexity index is 4100. The molecule has 0 fully saturated rings. The first-order valence-corrected chi connectivity index (χ1v) is 26.8. The van der Waals surface area contributed by atoms with Gasteiger partial charge in [0, 0.05) is 21.5 Å². The highest BCUT2D eigenvalue weighted by Crippen LogP contribution is 2.63. The Labute approximate surface area is 413 Å². The lowest BCUT2D eigenvalue weighted by molar-refractivity contribution is 0.610. The summed E-state index contributed by atoms with van der Waals surface area (Å²) in [6.07, 6.45) is 0. The van der Waals surface area contributed by atoms with E-state index in [1.165, 1.54) is 92.7 Å². The molecule has 2 aromatic heterocycles. The third kappa shape index (κ3) is 5.15. The van der Waals surface area contributed by atoms with Gasteiger partial charge in [-0.15, -0.1) is 0 Å². The minimum Gasteiger partial charge on any atom is -0.456 e. The SMILES string of the molecule is c1ccc(C2(c3ccccc3)c3ccccc3C3(c4ccc([Si](c5ccccc5)(c5ccccc5)c5cccc6c5oc5ccccc56)cc4-n4c5ccccc5c5cccc3c54)c3ccccc32)cc1. The van der Waals surface area contributed by atoms with Crippen molar-refractivity contribution in [3.05, 3.63) is 317 Å². The monoisotopic (exact) mass is 919 g/mol. The first-order chi connectivity index (χ1) is 35.2. The van der Waals surface area contributed by atoms with Crippen LogP contribution in [0, 0.1) is 0 Å². The zero-order chi connectivity index (χ0) is 46.7. The first-order valence-electron chi connectivity index (χ1n) is 24.8. The molecule has 3 heteroatoms. The zero-order valence-electron chi connectivity index (χ0n) is 38.8. The van der Waals surface area contributed by atoms with E-state index < -0.39 is 18.9 Å². The maximum atomic E-state index is 7.10. The van der Waals surface area contributed by atoms with E-state index in [-0.39, 0.29) is 0 Å². The summed E-state index contributed by atoms with van der Waals surface area (Å²) in [5.41, 5.74) is 14.4. The number of nitrogens with zero attached hydrogens (tertiary/aromatic N) is 1. The lowest BCUT2D eigenvalue weighted by atomic mass is 9.50. The average molecular weight is 920 g/mol. The Morgan fingerprint density at radius 1 is 0.324 bits per heavy atom. The van der Waals surface area contributed by atoms with E-state index in [1.807, 2.05) is 0 Å². The van der Waals surface area contributed by atoms with E-state index in [0.29, 0.717) is 0 Å². The molecule has 3 heterocycles. The van der Waals surface area contributed by atoms with Crippen LogP contribution in [0.4, 0.5) is 0 Å². The van der Waals surface area contributed by atoms with Crippen LogP contribution >= 0.6 is 0 Å². The largest absolute Gasteiger partial charge is 0.456 e. The topological polar surface area (TPSA) is 18.1 Å².